The molecule has 2 aliphatic rings. The average Bonchev–Trinajstić information content (AvgIpc) is 2.96. The summed E-state index contributed by atoms with van der Waals surface area (Å²) in [6.07, 6.45) is 0.883. The molecule has 0 spiro atoms. The van der Waals surface area contributed by atoms with E-state index < -0.39 is 0 Å². The molecule has 150 valence electrons. The van der Waals surface area contributed by atoms with Crippen LogP contribution in [0.25, 0.3) is 0 Å². The van der Waals surface area contributed by atoms with Gasteiger partial charge in [-0.05, 0) is 12.1 Å². The van der Waals surface area contributed by atoms with E-state index in [2.05, 4.69) is 35.6 Å². The largest absolute Gasteiger partial charge is 0.489 e. The van der Waals surface area contributed by atoms with Crippen LogP contribution in [-0.2, 0) is 24.4 Å². The normalized spacial score (nSPS) is 17.3. The maximum atomic E-state index is 6.42. The summed E-state index contributed by atoms with van der Waals surface area (Å²) in [5.74, 6) is 1.45. The third-order valence-electron chi connectivity index (χ3n) is 5.36. The highest BCUT2D eigenvalue weighted by atomic mass is 35.5. The fourth-order valence-corrected chi connectivity index (χ4v) is 4.12. The van der Waals surface area contributed by atoms with Crippen molar-refractivity contribution in [1.82, 2.24) is 0 Å². The summed E-state index contributed by atoms with van der Waals surface area (Å²) in [5, 5.41) is 2.96. The van der Waals surface area contributed by atoms with Crippen molar-refractivity contribution in [3.63, 3.8) is 0 Å². The number of fused-ring (bicyclic) bond motifs is 1. The SMILES string of the molecule is Clc1cc(C[NH2+]Cc2ccccc2C[NH+]2CCOCC2)cc2c1OCCCO2. The predicted molar refractivity (Wildman–Crippen MR) is 108 cm³/mol. The molecule has 5 nitrogen and oxygen atoms in total. The molecule has 0 radical (unpaired) electrons. The van der Waals surface area contributed by atoms with Crippen LogP contribution in [0.3, 0.4) is 0 Å². The molecule has 0 amide bonds. The molecule has 2 aromatic carbocycles. The highest BCUT2D eigenvalue weighted by molar-refractivity contribution is 6.32. The van der Waals surface area contributed by atoms with Crippen LogP contribution >= 0.6 is 11.6 Å². The molecule has 2 aromatic rings. The van der Waals surface area contributed by atoms with Gasteiger partial charge in [0.2, 0.25) is 0 Å². The number of hydrogen-bond donors (Lipinski definition) is 2. The summed E-state index contributed by atoms with van der Waals surface area (Å²) in [6, 6.07) is 12.8. The molecule has 2 aliphatic heterocycles. The fraction of sp³-hybridized carbons (Fsp3) is 0.455. The molecule has 0 unspecified atom stereocenters. The predicted octanol–water partition coefficient (Wildman–Crippen LogP) is 1.18. The van der Waals surface area contributed by atoms with Gasteiger partial charge in [0.05, 0.1) is 31.5 Å². The van der Waals surface area contributed by atoms with E-state index in [1.54, 1.807) is 4.90 Å². The second kappa shape index (κ2) is 9.61. The van der Waals surface area contributed by atoms with Gasteiger partial charge in [0.15, 0.2) is 11.5 Å². The molecule has 28 heavy (non-hydrogen) atoms. The quantitative estimate of drug-likeness (QED) is 0.760. The zero-order valence-electron chi connectivity index (χ0n) is 16.2. The van der Waals surface area contributed by atoms with Gasteiger partial charge >= 0.3 is 0 Å². The summed E-state index contributed by atoms with van der Waals surface area (Å²) in [4.78, 5) is 1.60. The summed E-state index contributed by atoms with van der Waals surface area (Å²) < 4.78 is 17.0. The summed E-state index contributed by atoms with van der Waals surface area (Å²) in [5.41, 5.74) is 4.00. The van der Waals surface area contributed by atoms with Gasteiger partial charge in [-0.15, -0.1) is 0 Å². The average molecular weight is 405 g/mol. The van der Waals surface area contributed by atoms with Crippen LogP contribution in [0.2, 0.25) is 5.02 Å². The van der Waals surface area contributed by atoms with E-state index in [4.69, 9.17) is 25.8 Å². The minimum absolute atomic E-state index is 0.638. The molecule has 0 aromatic heterocycles. The Hall–Kier alpha value is -1.79. The van der Waals surface area contributed by atoms with Crippen molar-refractivity contribution in [3.05, 3.63) is 58.1 Å². The second-order valence-corrected chi connectivity index (χ2v) is 7.87. The number of hydrogen-bond acceptors (Lipinski definition) is 3. The maximum Gasteiger partial charge on any atom is 0.179 e. The number of quaternary nitrogens is 2. The van der Waals surface area contributed by atoms with Crippen molar-refractivity contribution in [3.8, 4) is 11.5 Å². The van der Waals surface area contributed by atoms with Gasteiger partial charge in [-0.3, -0.25) is 0 Å². The van der Waals surface area contributed by atoms with E-state index in [1.165, 1.54) is 11.1 Å². The molecule has 4 rings (SSSR count). The van der Waals surface area contributed by atoms with Crippen molar-refractivity contribution in [2.45, 2.75) is 26.1 Å². The van der Waals surface area contributed by atoms with Crippen molar-refractivity contribution < 1.29 is 24.4 Å². The van der Waals surface area contributed by atoms with Gasteiger partial charge in [-0.25, -0.2) is 0 Å². The summed E-state index contributed by atoms with van der Waals surface area (Å²) in [7, 11) is 0. The monoisotopic (exact) mass is 404 g/mol. The first kappa shape index (κ1) is 19.5. The van der Waals surface area contributed by atoms with E-state index in [1.807, 2.05) is 6.07 Å². The van der Waals surface area contributed by atoms with E-state index in [-0.39, 0.29) is 0 Å². The van der Waals surface area contributed by atoms with Crippen LogP contribution < -0.4 is 19.7 Å². The molecular weight excluding hydrogens is 376 g/mol. The molecule has 0 atom stereocenters. The smallest absolute Gasteiger partial charge is 0.179 e. The molecule has 1 saturated heterocycles. The van der Waals surface area contributed by atoms with E-state index in [9.17, 15) is 0 Å². The Balaban J connectivity index is 1.38. The van der Waals surface area contributed by atoms with E-state index in [0.717, 1.165) is 63.7 Å². The van der Waals surface area contributed by atoms with Crippen LogP contribution in [0.15, 0.2) is 36.4 Å². The third-order valence-corrected chi connectivity index (χ3v) is 5.65. The topological polar surface area (TPSA) is 48.7 Å². The molecule has 1 fully saturated rings. The van der Waals surface area contributed by atoms with Crippen LogP contribution in [0.4, 0.5) is 0 Å². The maximum absolute atomic E-state index is 6.42. The van der Waals surface area contributed by atoms with Gasteiger partial charge < -0.3 is 24.4 Å². The second-order valence-electron chi connectivity index (χ2n) is 7.46. The lowest BCUT2D eigenvalue weighted by molar-refractivity contribution is -0.921. The van der Waals surface area contributed by atoms with Gasteiger partial charge in [0, 0.05) is 23.1 Å². The van der Waals surface area contributed by atoms with Crippen LogP contribution in [0.5, 0.6) is 11.5 Å². The zero-order valence-corrected chi connectivity index (χ0v) is 17.0. The first-order chi connectivity index (χ1) is 13.8. The number of morpholine rings is 1. The Morgan fingerprint density at radius 2 is 1.71 bits per heavy atom. The van der Waals surface area contributed by atoms with Crippen LogP contribution in [0, 0.1) is 0 Å². The van der Waals surface area contributed by atoms with Crippen molar-refractivity contribution in [2.75, 3.05) is 39.5 Å². The molecule has 0 saturated carbocycles. The van der Waals surface area contributed by atoms with E-state index in [0.29, 0.717) is 24.0 Å². The lowest BCUT2D eigenvalue weighted by Gasteiger charge is -2.24. The standard InChI is InChI=1S/C22H27ClN2O3/c23-20-12-17(13-21-22(20)28-9-3-8-27-21)14-24-15-18-4-1-2-5-19(18)16-25-6-10-26-11-7-25/h1-2,4-5,12-13,24H,3,6-11,14-16H2/p+2. The first-order valence-corrected chi connectivity index (χ1v) is 10.5. The Kier molecular flexibility index (Phi) is 6.70. The lowest BCUT2D eigenvalue weighted by Crippen LogP contribution is -3.12. The first-order valence-electron chi connectivity index (χ1n) is 10.2. The Labute approximate surface area is 171 Å². The van der Waals surface area contributed by atoms with Gasteiger partial charge in [0.25, 0.3) is 0 Å². The van der Waals surface area contributed by atoms with E-state index >= 15 is 0 Å². The minimum Gasteiger partial charge on any atom is -0.489 e. The number of ether oxygens (including phenoxy) is 3. The van der Waals surface area contributed by atoms with Crippen LogP contribution in [-0.4, -0.2) is 39.5 Å². The highest BCUT2D eigenvalue weighted by Crippen LogP contribution is 2.37. The molecule has 3 N–H and O–H groups in total. The molecule has 0 bridgehead atoms. The Bertz CT molecular complexity index is 793. The summed E-state index contributed by atoms with van der Waals surface area (Å²) in [6.45, 7) is 8.13. The molecule has 6 heteroatoms. The Morgan fingerprint density at radius 1 is 0.929 bits per heavy atom. The molecule has 0 aliphatic carbocycles. The number of halogens is 1. The van der Waals surface area contributed by atoms with Gasteiger partial charge in [-0.1, -0.05) is 35.9 Å². The Morgan fingerprint density at radius 3 is 2.57 bits per heavy atom. The number of nitrogens with one attached hydrogen (secondary N) is 1. The van der Waals surface area contributed by atoms with Gasteiger partial charge in [0.1, 0.15) is 32.7 Å². The number of benzene rings is 2. The number of nitrogens with two attached hydrogens (primary N) is 1. The highest BCUT2D eigenvalue weighted by Gasteiger charge is 2.18. The van der Waals surface area contributed by atoms with Crippen molar-refractivity contribution in [1.29, 1.82) is 0 Å². The van der Waals surface area contributed by atoms with Crippen molar-refractivity contribution in [2.24, 2.45) is 0 Å². The summed E-state index contributed by atoms with van der Waals surface area (Å²) >= 11 is 6.42. The number of rotatable bonds is 6. The van der Waals surface area contributed by atoms with Crippen molar-refractivity contribution >= 4 is 11.6 Å². The fourth-order valence-electron chi connectivity index (χ4n) is 3.83. The molecular formula is C22H29ClN2O3+2. The third kappa shape index (κ3) is 4.97. The minimum atomic E-state index is 0.638. The van der Waals surface area contributed by atoms with Crippen LogP contribution in [0.1, 0.15) is 23.1 Å². The lowest BCUT2D eigenvalue weighted by atomic mass is 10.1. The molecule has 2 heterocycles. The zero-order chi connectivity index (χ0) is 19.2. The van der Waals surface area contributed by atoms with Gasteiger partial charge in [-0.2, -0.15) is 0 Å².